The fourth-order valence-corrected chi connectivity index (χ4v) is 2.91. The molecule has 0 atom stereocenters. The van der Waals surface area contributed by atoms with Gasteiger partial charge in [0.2, 0.25) is 11.8 Å². The predicted octanol–water partition coefficient (Wildman–Crippen LogP) is 2.45. The maximum Gasteiger partial charge on any atom is 0.235 e. The van der Waals surface area contributed by atoms with E-state index in [1.807, 2.05) is 54.6 Å². The second-order valence-corrected chi connectivity index (χ2v) is 6.60. The van der Waals surface area contributed by atoms with Crippen molar-refractivity contribution in [3.05, 3.63) is 65.7 Å². The molecule has 136 valence electrons. The van der Waals surface area contributed by atoms with Gasteiger partial charge in [-0.2, -0.15) is 0 Å². The first-order valence-corrected chi connectivity index (χ1v) is 8.87. The van der Waals surface area contributed by atoms with Crippen LogP contribution in [0.3, 0.4) is 0 Å². The zero-order valence-electron chi connectivity index (χ0n) is 15.0. The molecule has 5 nitrogen and oxygen atoms in total. The van der Waals surface area contributed by atoms with Gasteiger partial charge in [0.05, 0.1) is 7.11 Å². The average Bonchev–Trinajstić information content (AvgIpc) is 3.49. The van der Waals surface area contributed by atoms with Gasteiger partial charge in [-0.1, -0.05) is 42.5 Å². The Morgan fingerprint density at radius 2 is 1.58 bits per heavy atom. The van der Waals surface area contributed by atoms with E-state index in [0.29, 0.717) is 25.9 Å². The topological polar surface area (TPSA) is 67.4 Å². The van der Waals surface area contributed by atoms with E-state index in [0.717, 1.165) is 23.3 Å². The Balaban J connectivity index is 1.46. The summed E-state index contributed by atoms with van der Waals surface area (Å²) < 4.78 is 5.13. The van der Waals surface area contributed by atoms with Crippen molar-refractivity contribution in [1.82, 2.24) is 10.6 Å². The zero-order valence-corrected chi connectivity index (χ0v) is 15.0. The van der Waals surface area contributed by atoms with Gasteiger partial charge in [-0.15, -0.1) is 0 Å². The van der Waals surface area contributed by atoms with E-state index in [-0.39, 0.29) is 11.8 Å². The third kappa shape index (κ3) is 4.23. The summed E-state index contributed by atoms with van der Waals surface area (Å²) in [6.45, 7) is 0.958. The average molecular weight is 352 g/mol. The first-order valence-electron chi connectivity index (χ1n) is 8.87. The number of ether oxygens (including phenoxy) is 1. The molecule has 0 heterocycles. The van der Waals surface area contributed by atoms with Gasteiger partial charge in [0.15, 0.2) is 0 Å². The number of hydrogen-bond acceptors (Lipinski definition) is 3. The van der Waals surface area contributed by atoms with E-state index in [4.69, 9.17) is 4.74 Å². The zero-order chi connectivity index (χ0) is 18.4. The van der Waals surface area contributed by atoms with Crippen LogP contribution in [0, 0.1) is 5.41 Å². The number of methoxy groups -OCH3 is 1. The third-order valence-electron chi connectivity index (χ3n) is 4.77. The number of benzene rings is 2. The molecule has 2 aromatic rings. The van der Waals surface area contributed by atoms with Gasteiger partial charge in [0.1, 0.15) is 11.2 Å². The fourth-order valence-electron chi connectivity index (χ4n) is 2.91. The van der Waals surface area contributed by atoms with Crippen LogP contribution >= 0.6 is 0 Å². The summed E-state index contributed by atoms with van der Waals surface area (Å²) in [5, 5.41) is 5.80. The van der Waals surface area contributed by atoms with Crippen molar-refractivity contribution in [3.8, 4) is 5.75 Å². The van der Waals surface area contributed by atoms with Crippen molar-refractivity contribution in [2.75, 3.05) is 13.7 Å². The van der Waals surface area contributed by atoms with E-state index in [1.54, 1.807) is 7.11 Å². The Labute approximate surface area is 153 Å². The highest BCUT2D eigenvalue weighted by atomic mass is 16.5. The highest BCUT2D eigenvalue weighted by molar-refractivity contribution is 6.07. The van der Waals surface area contributed by atoms with Crippen LogP contribution < -0.4 is 15.4 Å². The number of rotatable bonds is 8. The van der Waals surface area contributed by atoms with Crippen molar-refractivity contribution in [2.24, 2.45) is 5.41 Å². The SMILES string of the molecule is COc1ccc(CCNC(=O)C2(C(=O)NCc3ccccc3)CC2)cc1. The van der Waals surface area contributed by atoms with Gasteiger partial charge in [0.25, 0.3) is 0 Å². The van der Waals surface area contributed by atoms with Gasteiger partial charge in [-0.25, -0.2) is 0 Å². The van der Waals surface area contributed by atoms with Crippen molar-refractivity contribution >= 4 is 11.8 Å². The molecule has 1 fully saturated rings. The van der Waals surface area contributed by atoms with Crippen molar-refractivity contribution in [3.63, 3.8) is 0 Å². The fraction of sp³-hybridized carbons (Fsp3) is 0.333. The van der Waals surface area contributed by atoms with Crippen LogP contribution in [0.4, 0.5) is 0 Å². The second-order valence-electron chi connectivity index (χ2n) is 6.60. The van der Waals surface area contributed by atoms with Gasteiger partial charge >= 0.3 is 0 Å². The Bertz CT molecular complexity index is 753. The molecule has 2 amide bonds. The van der Waals surface area contributed by atoms with E-state index >= 15 is 0 Å². The smallest absolute Gasteiger partial charge is 0.235 e. The Morgan fingerprint density at radius 3 is 2.19 bits per heavy atom. The van der Waals surface area contributed by atoms with Crippen molar-refractivity contribution < 1.29 is 14.3 Å². The largest absolute Gasteiger partial charge is 0.497 e. The first-order chi connectivity index (χ1) is 12.6. The molecule has 0 saturated heterocycles. The van der Waals surface area contributed by atoms with E-state index in [2.05, 4.69) is 10.6 Å². The van der Waals surface area contributed by atoms with Crippen molar-refractivity contribution in [2.45, 2.75) is 25.8 Å². The van der Waals surface area contributed by atoms with Crippen LogP contribution in [-0.2, 0) is 22.6 Å². The van der Waals surface area contributed by atoms with Gasteiger partial charge < -0.3 is 15.4 Å². The second kappa shape index (κ2) is 8.04. The maximum absolute atomic E-state index is 12.5. The predicted molar refractivity (Wildman–Crippen MR) is 99.7 cm³/mol. The maximum atomic E-state index is 12.5. The summed E-state index contributed by atoms with van der Waals surface area (Å²) in [5.74, 6) is 0.463. The molecule has 0 bridgehead atoms. The third-order valence-corrected chi connectivity index (χ3v) is 4.77. The Kier molecular flexibility index (Phi) is 5.56. The molecule has 5 heteroatoms. The normalized spacial score (nSPS) is 14.3. The Morgan fingerprint density at radius 1 is 0.923 bits per heavy atom. The highest BCUT2D eigenvalue weighted by Gasteiger charge is 2.56. The lowest BCUT2D eigenvalue weighted by Crippen LogP contribution is -2.43. The minimum Gasteiger partial charge on any atom is -0.497 e. The van der Waals surface area contributed by atoms with Crippen molar-refractivity contribution in [1.29, 1.82) is 0 Å². The highest BCUT2D eigenvalue weighted by Crippen LogP contribution is 2.46. The molecule has 0 radical (unpaired) electrons. The standard InChI is InChI=1S/C21H24N2O3/c1-26-18-9-7-16(8-10-18)11-14-22-19(24)21(12-13-21)20(25)23-15-17-5-3-2-4-6-17/h2-10H,11-15H2,1H3,(H,22,24)(H,23,25). The molecular weight excluding hydrogens is 328 g/mol. The van der Waals surface area contributed by atoms with Crippen LogP contribution in [0.15, 0.2) is 54.6 Å². The molecule has 0 aromatic heterocycles. The summed E-state index contributed by atoms with van der Waals surface area (Å²) in [6, 6.07) is 17.5. The summed E-state index contributed by atoms with van der Waals surface area (Å²) >= 11 is 0. The minimum atomic E-state index is -0.880. The molecule has 0 spiro atoms. The number of carbonyl (C=O) groups excluding carboxylic acids is 2. The lowest BCUT2D eigenvalue weighted by Gasteiger charge is -2.15. The molecular formula is C21H24N2O3. The lowest BCUT2D eigenvalue weighted by molar-refractivity contribution is -0.137. The summed E-state index contributed by atoms with van der Waals surface area (Å²) in [5.41, 5.74) is 1.26. The molecule has 2 N–H and O–H groups in total. The van der Waals surface area contributed by atoms with Gasteiger partial charge in [-0.05, 0) is 42.5 Å². The monoisotopic (exact) mass is 352 g/mol. The molecule has 1 saturated carbocycles. The molecule has 3 rings (SSSR count). The summed E-state index contributed by atoms with van der Waals surface area (Å²) in [4.78, 5) is 24.9. The van der Waals surface area contributed by atoms with Crippen LogP contribution in [0.1, 0.15) is 24.0 Å². The molecule has 0 aliphatic heterocycles. The summed E-state index contributed by atoms with van der Waals surface area (Å²) in [7, 11) is 1.63. The van der Waals surface area contributed by atoms with E-state index in [9.17, 15) is 9.59 Å². The molecule has 0 unspecified atom stereocenters. The number of carbonyl (C=O) groups is 2. The van der Waals surface area contributed by atoms with E-state index < -0.39 is 5.41 Å². The number of amides is 2. The first kappa shape index (κ1) is 18.0. The molecule has 2 aromatic carbocycles. The van der Waals surface area contributed by atoms with Crippen LogP contribution in [0.5, 0.6) is 5.75 Å². The van der Waals surface area contributed by atoms with E-state index in [1.165, 1.54) is 0 Å². The molecule has 1 aliphatic rings. The number of hydrogen-bond donors (Lipinski definition) is 2. The lowest BCUT2D eigenvalue weighted by atomic mass is 10.0. The van der Waals surface area contributed by atoms with Crippen LogP contribution in [0.25, 0.3) is 0 Å². The van der Waals surface area contributed by atoms with Gasteiger partial charge in [0, 0.05) is 13.1 Å². The van der Waals surface area contributed by atoms with Crippen LogP contribution in [-0.4, -0.2) is 25.5 Å². The van der Waals surface area contributed by atoms with Crippen LogP contribution in [0.2, 0.25) is 0 Å². The quantitative estimate of drug-likeness (QED) is 0.717. The number of nitrogens with one attached hydrogen (secondary N) is 2. The summed E-state index contributed by atoms with van der Waals surface area (Å²) in [6.07, 6.45) is 1.95. The van der Waals surface area contributed by atoms with Gasteiger partial charge in [-0.3, -0.25) is 9.59 Å². The molecule has 1 aliphatic carbocycles. The molecule has 26 heavy (non-hydrogen) atoms. The minimum absolute atomic E-state index is 0.170. The Hall–Kier alpha value is -2.82.